The Kier molecular flexibility index (Phi) is 3.85. The number of esters is 1. The molecule has 0 unspecified atom stereocenters. The van der Waals surface area contributed by atoms with Gasteiger partial charge in [0.15, 0.2) is 9.84 Å². The van der Waals surface area contributed by atoms with Crippen molar-refractivity contribution in [1.82, 2.24) is 0 Å². The van der Waals surface area contributed by atoms with Gasteiger partial charge in [0.25, 0.3) is 0 Å². The predicted octanol–water partition coefficient (Wildman–Crippen LogP) is 2.45. The van der Waals surface area contributed by atoms with E-state index in [-0.39, 0.29) is 16.2 Å². The molecule has 0 heterocycles. The van der Waals surface area contributed by atoms with Crippen molar-refractivity contribution in [3.05, 3.63) is 59.9 Å². The highest BCUT2D eigenvalue weighted by molar-refractivity contribution is 7.90. The Morgan fingerprint density at radius 2 is 1.75 bits per heavy atom. The molecule has 0 aliphatic heterocycles. The number of ether oxygens (including phenoxy) is 1. The summed E-state index contributed by atoms with van der Waals surface area (Å²) in [5.74, 6) is -0.966. The molecule has 0 bridgehead atoms. The number of hydrogen-bond donors (Lipinski definition) is 0. The van der Waals surface area contributed by atoms with Crippen molar-refractivity contribution in [3.8, 4) is 5.75 Å². The van der Waals surface area contributed by atoms with Gasteiger partial charge < -0.3 is 4.74 Å². The summed E-state index contributed by atoms with van der Waals surface area (Å²) >= 11 is 0. The molecule has 0 aliphatic rings. The monoisotopic (exact) mass is 294 g/mol. The van der Waals surface area contributed by atoms with Crippen molar-refractivity contribution in [2.45, 2.75) is 4.90 Å². The number of halogens is 1. The maximum Gasteiger partial charge on any atom is 0.343 e. The van der Waals surface area contributed by atoms with Gasteiger partial charge in [0, 0.05) is 6.26 Å². The quantitative estimate of drug-likeness (QED) is 0.644. The summed E-state index contributed by atoms with van der Waals surface area (Å²) in [4.78, 5) is 11.9. The van der Waals surface area contributed by atoms with Crippen molar-refractivity contribution in [2.24, 2.45) is 0 Å². The lowest BCUT2D eigenvalue weighted by molar-refractivity contribution is 0.0734. The standard InChI is InChI=1S/C14H11FO4S/c1-20(17,18)13-4-2-3-10(9-13)14(16)19-12-7-5-11(15)6-8-12/h2-9H,1H3. The summed E-state index contributed by atoms with van der Waals surface area (Å²) in [5.41, 5.74) is 0.109. The number of carbonyl (C=O) groups is 1. The van der Waals surface area contributed by atoms with Gasteiger partial charge in [0.1, 0.15) is 11.6 Å². The van der Waals surface area contributed by atoms with E-state index in [1.54, 1.807) is 0 Å². The molecule has 0 atom stereocenters. The number of sulfone groups is 1. The summed E-state index contributed by atoms with van der Waals surface area (Å²) < 4.78 is 40.6. The van der Waals surface area contributed by atoms with Crippen LogP contribution in [0, 0.1) is 5.82 Å². The molecule has 0 saturated carbocycles. The van der Waals surface area contributed by atoms with E-state index in [0.29, 0.717) is 0 Å². The number of benzene rings is 2. The van der Waals surface area contributed by atoms with E-state index in [1.807, 2.05) is 0 Å². The number of hydrogen-bond acceptors (Lipinski definition) is 4. The first-order valence-corrected chi connectivity index (χ1v) is 7.53. The molecule has 20 heavy (non-hydrogen) atoms. The summed E-state index contributed by atoms with van der Waals surface area (Å²) in [5, 5.41) is 0. The van der Waals surface area contributed by atoms with E-state index < -0.39 is 21.6 Å². The molecule has 0 aliphatic carbocycles. The van der Waals surface area contributed by atoms with Gasteiger partial charge in [-0.05, 0) is 42.5 Å². The fourth-order valence-electron chi connectivity index (χ4n) is 1.52. The van der Waals surface area contributed by atoms with E-state index in [4.69, 9.17) is 4.74 Å². The van der Waals surface area contributed by atoms with Crippen LogP contribution in [0.15, 0.2) is 53.4 Å². The van der Waals surface area contributed by atoms with Crippen LogP contribution < -0.4 is 4.74 Å². The van der Waals surface area contributed by atoms with Crippen LogP contribution in [0.3, 0.4) is 0 Å². The number of carbonyl (C=O) groups excluding carboxylic acids is 1. The van der Waals surface area contributed by atoms with Crippen molar-refractivity contribution >= 4 is 15.8 Å². The first-order chi connectivity index (χ1) is 9.36. The average Bonchev–Trinajstić information content (AvgIpc) is 2.40. The van der Waals surface area contributed by atoms with Crippen molar-refractivity contribution in [3.63, 3.8) is 0 Å². The van der Waals surface area contributed by atoms with Gasteiger partial charge >= 0.3 is 5.97 Å². The highest BCUT2D eigenvalue weighted by Crippen LogP contribution is 2.16. The molecule has 0 amide bonds. The largest absolute Gasteiger partial charge is 0.423 e. The lowest BCUT2D eigenvalue weighted by atomic mass is 10.2. The van der Waals surface area contributed by atoms with Crippen LogP contribution in [0.1, 0.15) is 10.4 Å². The van der Waals surface area contributed by atoms with Crippen LogP contribution in [-0.4, -0.2) is 20.6 Å². The minimum absolute atomic E-state index is 0.0334. The smallest absolute Gasteiger partial charge is 0.343 e. The Bertz CT molecular complexity index is 736. The summed E-state index contributed by atoms with van der Waals surface area (Å²) in [6.07, 6.45) is 1.05. The molecule has 4 nitrogen and oxygen atoms in total. The van der Waals surface area contributed by atoms with E-state index in [2.05, 4.69) is 0 Å². The highest BCUT2D eigenvalue weighted by Gasteiger charge is 2.13. The van der Waals surface area contributed by atoms with Crippen LogP contribution in [0.2, 0.25) is 0 Å². The summed E-state index contributed by atoms with van der Waals surface area (Å²) in [6, 6.07) is 10.5. The average molecular weight is 294 g/mol. The maximum atomic E-state index is 12.7. The molecule has 0 N–H and O–H groups in total. The fourth-order valence-corrected chi connectivity index (χ4v) is 2.19. The van der Waals surface area contributed by atoms with Crippen molar-refractivity contribution in [1.29, 1.82) is 0 Å². The van der Waals surface area contributed by atoms with Crippen LogP contribution in [-0.2, 0) is 9.84 Å². The zero-order valence-electron chi connectivity index (χ0n) is 10.5. The van der Waals surface area contributed by atoms with Gasteiger partial charge in [-0.25, -0.2) is 17.6 Å². The summed E-state index contributed by atoms with van der Waals surface area (Å²) in [6.45, 7) is 0. The zero-order valence-corrected chi connectivity index (χ0v) is 11.4. The molecule has 6 heteroatoms. The molecule has 0 saturated heterocycles. The van der Waals surface area contributed by atoms with Gasteiger partial charge in [-0.15, -0.1) is 0 Å². The van der Waals surface area contributed by atoms with Crippen LogP contribution >= 0.6 is 0 Å². The maximum absolute atomic E-state index is 12.7. The minimum atomic E-state index is -3.39. The Labute approximate surface area is 115 Å². The van der Waals surface area contributed by atoms with Crippen LogP contribution in [0.5, 0.6) is 5.75 Å². The lowest BCUT2D eigenvalue weighted by Crippen LogP contribution is -2.09. The molecule has 0 aromatic heterocycles. The zero-order chi connectivity index (χ0) is 14.8. The van der Waals surface area contributed by atoms with Crippen molar-refractivity contribution in [2.75, 3.05) is 6.26 Å². The van der Waals surface area contributed by atoms with Gasteiger partial charge in [0.2, 0.25) is 0 Å². The van der Waals surface area contributed by atoms with Gasteiger partial charge in [0.05, 0.1) is 10.5 Å². The predicted molar refractivity (Wildman–Crippen MR) is 70.9 cm³/mol. The second-order valence-electron chi connectivity index (χ2n) is 4.14. The molecule has 0 radical (unpaired) electrons. The minimum Gasteiger partial charge on any atom is -0.423 e. The molecular formula is C14H11FO4S. The van der Waals surface area contributed by atoms with E-state index >= 15 is 0 Å². The first-order valence-electron chi connectivity index (χ1n) is 5.64. The molecule has 0 spiro atoms. The third kappa shape index (κ3) is 3.42. The Balaban J connectivity index is 2.23. The Morgan fingerprint density at radius 3 is 2.35 bits per heavy atom. The topological polar surface area (TPSA) is 60.4 Å². The molecular weight excluding hydrogens is 283 g/mol. The highest BCUT2D eigenvalue weighted by atomic mass is 32.2. The third-order valence-corrected chi connectivity index (χ3v) is 3.63. The van der Waals surface area contributed by atoms with Gasteiger partial charge in [-0.1, -0.05) is 6.07 Å². The van der Waals surface area contributed by atoms with E-state index in [0.717, 1.165) is 18.4 Å². The first kappa shape index (κ1) is 14.2. The molecule has 2 aromatic carbocycles. The number of rotatable bonds is 3. The fraction of sp³-hybridized carbons (Fsp3) is 0.0714. The van der Waals surface area contributed by atoms with Crippen LogP contribution in [0.25, 0.3) is 0 Å². The lowest BCUT2D eigenvalue weighted by Gasteiger charge is -2.05. The van der Waals surface area contributed by atoms with Gasteiger partial charge in [-0.3, -0.25) is 0 Å². The third-order valence-electron chi connectivity index (χ3n) is 2.52. The Morgan fingerprint density at radius 1 is 1.10 bits per heavy atom. The molecule has 2 aromatic rings. The van der Waals surface area contributed by atoms with Gasteiger partial charge in [-0.2, -0.15) is 0 Å². The second kappa shape index (κ2) is 5.42. The molecule has 0 fully saturated rings. The van der Waals surface area contributed by atoms with E-state index in [9.17, 15) is 17.6 Å². The van der Waals surface area contributed by atoms with Crippen molar-refractivity contribution < 1.29 is 22.3 Å². The molecule has 2 rings (SSSR count). The Hall–Kier alpha value is -2.21. The molecule has 104 valence electrons. The normalized spacial score (nSPS) is 11.1. The van der Waals surface area contributed by atoms with Crippen LogP contribution in [0.4, 0.5) is 4.39 Å². The SMILES string of the molecule is CS(=O)(=O)c1cccc(C(=O)Oc2ccc(F)cc2)c1. The summed E-state index contributed by atoms with van der Waals surface area (Å²) in [7, 11) is -3.39. The van der Waals surface area contributed by atoms with E-state index in [1.165, 1.54) is 36.4 Å². The second-order valence-corrected chi connectivity index (χ2v) is 6.16.